The summed E-state index contributed by atoms with van der Waals surface area (Å²) in [6.07, 6.45) is 0. The van der Waals surface area contributed by atoms with Crippen LogP contribution < -0.4 is 20.1 Å². The second-order valence-electron chi connectivity index (χ2n) is 6.68. The fourth-order valence-corrected chi connectivity index (χ4v) is 3.08. The molecule has 9 nitrogen and oxygen atoms in total. The molecule has 1 heterocycles. The number of methoxy groups -OCH3 is 1. The highest BCUT2D eigenvalue weighted by atomic mass is 16.6. The quantitative estimate of drug-likeness (QED) is 0.576. The standard InChI is InChI=1S/C23H24N2O7/c1-3-30-22(27)20-18(13-32-19(26)14-31-17-7-5-4-6-8-17)24-23(28)25-21(20)15-9-11-16(29-2)12-10-15/h4-12,21H,3,13-14H2,1-2H3,(H2,24,25,28). The Morgan fingerprint density at radius 3 is 2.34 bits per heavy atom. The van der Waals surface area contributed by atoms with Crippen molar-refractivity contribution in [3.8, 4) is 11.5 Å². The van der Waals surface area contributed by atoms with Gasteiger partial charge in [0.05, 0.1) is 31.0 Å². The van der Waals surface area contributed by atoms with Crippen molar-refractivity contribution in [2.75, 3.05) is 26.9 Å². The molecule has 0 saturated heterocycles. The minimum atomic E-state index is -0.789. The van der Waals surface area contributed by atoms with Crippen LogP contribution in [0.4, 0.5) is 4.79 Å². The topological polar surface area (TPSA) is 112 Å². The molecule has 0 aromatic heterocycles. The molecule has 168 valence electrons. The van der Waals surface area contributed by atoms with E-state index in [0.29, 0.717) is 17.1 Å². The van der Waals surface area contributed by atoms with E-state index in [9.17, 15) is 14.4 Å². The summed E-state index contributed by atoms with van der Waals surface area (Å²) in [5.41, 5.74) is 0.925. The van der Waals surface area contributed by atoms with Gasteiger partial charge in [-0.1, -0.05) is 30.3 Å². The van der Waals surface area contributed by atoms with Crippen molar-refractivity contribution in [1.82, 2.24) is 10.6 Å². The Kier molecular flexibility index (Phi) is 7.69. The lowest BCUT2D eigenvalue weighted by atomic mass is 9.95. The van der Waals surface area contributed by atoms with Crippen LogP contribution in [-0.4, -0.2) is 44.9 Å². The first-order chi connectivity index (χ1) is 15.5. The molecule has 0 aliphatic carbocycles. The van der Waals surface area contributed by atoms with Gasteiger partial charge in [-0.05, 0) is 36.8 Å². The van der Waals surface area contributed by atoms with Gasteiger partial charge in [-0.25, -0.2) is 14.4 Å². The predicted octanol–water partition coefficient (Wildman–Crippen LogP) is 2.49. The zero-order chi connectivity index (χ0) is 22.9. The van der Waals surface area contributed by atoms with E-state index in [2.05, 4.69) is 10.6 Å². The fraction of sp³-hybridized carbons (Fsp3) is 0.261. The second-order valence-corrected chi connectivity index (χ2v) is 6.68. The highest BCUT2D eigenvalue weighted by molar-refractivity contribution is 5.95. The average molecular weight is 440 g/mol. The van der Waals surface area contributed by atoms with E-state index in [4.69, 9.17) is 18.9 Å². The monoisotopic (exact) mass is 440 g/mol. The lowest BCUT2D eigenvalue weighted by Gasteiger charge is -2.29. The van der Waals surface area contributed by atoms with Crippen molar-refractivity contribution >= 4 is 18.0 Å². The number of urea groups is 1. The van der Waals surface area contributed by atoms with Crippen LogP contribution >= 0.6 is 0 Å². The third-order valence-corrected chi connectivity index (χ3v) is 4.58. The molecule has 1 aliphatic heterocycles. The summed E-state index contributed by atoms with van der Waals surface area (Å²) in [4.78, 5) is 37.1. The fourth-order valence-electron chi connectivity index (χ4n) is 3.08. The molecule has 32 heavy (non-hydrogen) atoms. The molecule has 0 fully saturated rings. The van der Waals surface area contributed by atoms with Crippen molar-refractivity contribution in [3.05, 3.63) is 71.4 Å². The number of rotatable bonds is 9. The van der Waals surface area contributed by atoms with Crippen molar-refractivity contribution in [2.24, 2.45) is 0 Å². The molecule has 3 rings (SSSR count). The number of amides is 2. The highest BCUT2D eigenvalue weighted by Gasteiger charge is 2.34. The van der Waals surface area contributed by atoms with Gasteiger partial charge >= 0.3 is 18.0 Å². The maximum absolute atomic E-state index is 12.7. The van der Waals surface area contributed by atoms with Crippen LogP contribution in [-0.2, 0) is 19.1 Å². The van der Waals surface area contributed by atoms with E-state index in [-0.39, 0.29) is 31.1 Å². The Balaban J connectivity index is 1.78. The molecule has 1 atom stereocenters. The summed E-state index contributed by atoms with van der Waals surface area (Å²) in [7, 11) is 1.54. The Hall–Kier alpha value is -4.01. The van der Waals surface area contributed by atoms with Gasteiger partial charge < -0.3 is 29.6 Å². The van der Waals surface area contributed by atoms with Crippen LogP contribution in [0, 0.1) is 0 Å². The predicted molar refractivity (Wildman–Crippen MR) is 114 cm³/mol. The number of carbonyl (C=O) groups is 3. The molecule has 0 spiro atoms. The summed E-state index contributed by atoms with van der Waals surface area (Å²) >= 11 is 0. The molecule has 2 aromatic carbocycles. The zero-order valence-electron chi connectivity index (χ0n) is 17.8. The van der Waals surface area contributed by atoms with E-state index in [0.717, 1.165) is 0 Å². The Morgan fingerprint density at radius 2 is 1.69 bits per heavy atom. The molecular formula is C23H24N2O7. The molecule has 1 aliphatic rings. The van der Waals surface area contributed by atoms with Gasteiger partial charge in [0.1, 0.15) is 18.1 Å². The molecule has 9 heteroatoms. The number of carbonyl (C=O) groups excluding carboxylic acids is 3. The van der Waals surface area contributed by atoms with Crippen molar-refractivity contribution in [2.45, 2.75) is 13.0 Å². The normalized spacial score (nSPS) is 15.3. The van der Waals surface area contributed by atoms with Crippen LogP contribution in [0.5, 0.6) is 11.5 Å². The molecule has 0 radical (unpaired) electrons. The van der Waals surface area contributed by atoms with Crippen molar-refractivity contribution in [1.29, 1.82) is 0 Å². The van der Waals surface area contributed by atoms with E-state index in [1.54, 1.807) is 62.6 Å². The maximum atomic E-state index is 12.7. The molecule has 0 saturated carbocycles. The van der Waals surface area contributed by atoms with Crippen LogP contribution in [0.25, 0.3) is 0 Å². The van der Waals surface area contributed by atoms with E-state index >= 15 is 0 Å². The molecule has 2 aromatic rings. The number of para-hydroxylation sites is 1. The SMILES string of the molecule is CCOC(=O)C1=C(COC(=O)COc2ccccc2)NC(=O)NC1c1ccc(OC)cc1. The van der Waals surface area contributed by atoms with E-state index < -0.39 is 24.0 Å². The zero-order valence-corrected chi connectivity index (χ0v) is 17.8. The summed E-state index contributed by atoms with van der Waals surface area (Å²) < 4.78 is 20.9. The number of esters is 2. The Morgan fingerprint density at radius 1 is 0.969 bits per heavy atom. The average Bonchev–Trinajstić information content (AvgIpc) is 2.81. The lowest BCUT2D eigenvalue weighted by Crippen LogP contribution is -2.47. The summed E-state index contributed by atoms with van der Waals surface area (Å²) in [6.45, 7) is 1.17. The van der Waals surface area contributed by atoms with Crippen molar-refractivity contribution in [3.63, 3.8) is 0 Å². The van der Waals surface area contributed by atoms with Crippen LogP contribution in [0.3, 0.4) is 0 Å². The van der Waals surface area contributed by atoms with Crippen LogP contribution in [0.15, 0.2) is 65.9 Å². The van der Waals surface area contributed by atoms with Gasteiger partial charge in [-0.3, -0.25) is 0 Å². The van der Waals surface area contributed by atoms with E-state index in [1.165, 1.54) is 0 Å². The maximum Gasteiger partial charge on any atom is 0.344 e. The first kappa shape index (κ1) is 22.7. The van der Waals surface area contributed by atoms with Crippen LogP contribution in [0.1, 0.15) is 18.5 Å². The number of hydrogen-bond acceptors (Lipinski definition) is 7. The smallest absolute Gasteiger partial charge is 0.344 e. The number of hydrogen-bond donors (Lipinski definition) is 2. The molecule has 0 bridgehead atoms. The summed E-state index contributed by atoms with van der Waals surface area (Å²) in [6, 6.07) is 14.4. The van der Waals surface area contributed by atoms with Gasteiger partial charge in [0.2, 0.25) is 0 Å². The molecule has 2 N–H and O–H groups in total. The van der Waals surface area contributed by atoms with Crippen LogP contribution in [0.2, 0.25) is 0 Å². The van der Waals surface area contributed by atoms with Gasteiger partial charge in [0.15, 0.2) is 6.61 Å². The minimum absolute atomic E-state index is 0.140. The second kappa shape index (κ2) is 10.9. The Bertz CT molecular complexity index is 987. The minimum Gasteiger partial charge on any atom is -0.497 e. The first-order valence-corrected chi connectivity index (χ1v) is 9.97. The first-order valence-electron chi connectivity index (χ1n) is 9.97. The molecule has 2 amide bonds. The van der Waals surface area contributed by atoms with Crippen molar-refractivity contribution < 1.29 is 33.3 Å². The van der Waals surface area contributed by atoms with Gasteiger partial charge in [-0.15, -0.1) is 0 Å². The number of ether oxygens (including phenoxy) is 4. The molecular weight excluding hydrogens is 416 g/mol. The molecule has 1 unspecified atom stereocenters. The summed E-state index contributed by atoms with van der Waals surface area (Å²) in [5.74, 6) is -0.139. The number of nitrogens with one attached hydrogen (secondary N) is 2. The van der Waals surface area contributed by atoms with E-state index in [1.807, 2.05) is 6.07 Å². The Labute approximate surface area is 185 Å². The largest absolute Gasteiger partial charge is 0.497 e. The van der Waals surface area contributed by atoms with Gasteiger partial charge in [0, 0.05) is 0 Å². The third-order valence-electron chi connectivity index (χ3n) is 4.58. The highest BCUT2D eigenvalue weighted by Crippen LogP contribution is 2.29. The van der Waals surface area contributed by atoms with Gasteiger partial charge in [0.25, 0.3) is 0 Å². The summed E-state index contributed by atoms with van der Waals surface area (Å²) in [5, 5.41) is 5.25. The lowest BCUT2D eigenvalue weighted by molar-refractivity contribution is -0.145. The third kappa shape index (κ3) is 5.78. The van der Waals surface area contributed by atoms with Gasteiger partial charge in [-0.2, -0.15) is 0 Å². The number of benzene rings is 2.